The molecule has 1 aliphatic heterocycles. The number of sulfonamides is 1. The number of aromatic nitrogens is 1. The number of ether oxygens (including phenoxy) is 1. The summed E-state index contributed by atoms with van der Waals surface area (Å²) in [5, 5.41) is 3.61. The van der Waals surface area contributed by atoms with Crippen molar-refractivity contribution in [2.45, 2.75) is 12.5 Å². The maximum Gasteiger partial charge on any atom is 0.270 e. The molecule has 6 rings (SSSR count). The molecule has 2 aromatic heterocycles. The van der Waals surface area contributed by atoms with Gasteiger partial charge in [0.25, 0.3) is 11.8 Å². The lowest BCUT2D eigenvalue weighted by atomic mass is 9.98. The average Bonchev–Trinajstić information content (AvgIpc) is 3.53. The fourth-order valence-electron chi connectivity index (χ4n) is 5.64. The fourth-order valence-corrected chi connectivity index (χ4v) is 6.16. The molecule has 3 aromatic carbocycles. The van der Waals surface area contributed by atoms with E-state index < -0.39 is 33.7 Å². The lowest BCUT2D eigenvalue weighted by Crippen LogP contribution is -2.33. The minimum atomic E-state index is -3.74. The molecule has 0 aliphatic carbocycles. The highest BCUT2D eigenvalue weighted by atomic mass is 32.2. The van der Waals surface area contributed by atoms with Gasteiger partial charge in [-0.3, -0.25) is 13.9 Å². The summed E-state index contributed by atoms with van der Waals surface area (Å²) in [5.74, 6) is -1.48. The Hall–Kier alpha value is -4.75. The van der Waals surface area contributed by atoms with Crippen LogP contribution in [0.2, 0.25) is 0 Å². The van der Waals surface area contributed by atoms with E-state index in [4.69, 9.17) is 9.15 Å². The van der Waals surface area contributed by atoms with E-state index in [2.05, 4.69) is 10.3 Å². The molecule has 13 heteroatoms. The van der Waals surface area contributed by atoms with E-state index in [1.807, 2.05) is 0 Å². The number of hydrogen-bond donors (Lipinski definition) is 2. The van der Waals surface area contributed by atoms with Gasteiger partial charge in [0, 0.05) is 55.2 Å². The van der Waals surface area contributed by atoms with Gasteiger partial charge < -0.3 is 24.4 Å². The average molecular weight is 637 g/mol. The Morgan fingerprint density at radius 3 is 2.51 bits per heavy atom. The predicted octanol–water partition coefficient (Wildman–Crippen LogP) is 5.22. The number of furan rings is 1. The van der Waals surface area contributed by atoms with Crippen LogP contribution >= 0.6 is 0 Å². The molecule has 1 fully saturated rings. The second-order valence-electron chi connectivity index (χ2n) is 10.9. The first-order chi connectivity index (χ1) is 21.5. The smallest absolute Gasteiger partial charge is 0.270 e. The fraction of sp³-hybridized carbons (Fsp3) is 0.250. The van der Waals surface area contributed by atoms with Gasteiger partial charge >= 0.3 is 0 Å². The number of fused-ring (bicyclic) bond motifs is 2. The lowest BCUT2D eigenvalue weighted by Gasteiger charge is -2.25. The zero-order valence-corrected chi connectivity index (χ0v) is 25.5. The van der Waals surface area contributed by atoms with Crippen molar-refractivity contribution in [1.29, 1.82) is 0 Å². The monoisotopic (exact) mass is 636 g/mol. The number of hydrogen-bond acceptors (Lipinski definition) is 6. The third-order valence-electron chi connectivity index (χ3n) is 8.05. The Labute approximate surface area is 257 Å². The van der Waals surface area contributed by atoms with Crippen LogP contribution < -0.4 is 9.62 Å². The number of benzene rings is 3. The number of nitrogens with one attached hydrogen (secondary N) is 2. The van der Waals surface area contributed by atoms with Crippen LogP contribution in [-0.2, 0) is 14.8 Å². The van der Waals surface area contributed by atoms with Crippen molar-refractivity contribution in [3.63, 3.8) is 0 Å². The van der Waals surface area contributed by atoms with Crippen LogP contribution in [0.5, 0.6) is 0 Å². The zero-order valence-electron chi connectivity index (χ0n) is 24.7. The minimum Gasteiger partial charge on any atom is -0.455 e. The highest BCUT2D eigenvalue weighted by molar-refractivity contribution is 7.92. The molecule has 234 valence electrons. The van der Waals surface area contributed by atoms with Crippen LogP contribution in [0.3, 0.4) is 0 Å². The first-order valence-corrected chi connectivity index (χ1v) is 16.0. The van der Waals surface area contributed by atoms with Gasteiger partial charge in [-0.2, -0.15) is 0 Å². The molecular formula is C32H30F2N4O6S. The molecule has 2 N–H and O–H groups in total. The van der Waals surface area contributed by atoms with Gasteiger partial charge in [-0.1, -0.05) is 12.1 Å². The molecule has 1 saturated heterocycles. The molecule has 1 atom stereocenters. The van der Waals surface area contributed by atoms with Gasteiger partial charge in [-0.05, 0) is 48.9 Å². The van der Waals surface area contributed by atoms with Crippen molar-refractivity contribution < 1.29 is 35.9 Å². The van der Waals surface area contributed by atoms with Crippen molar-refractivity contribution in [3.05, 3.63) is 89.1 Å². The van der Waals surface area contributed by atoms with Crippen LogP contribution in [0.25, 0.3) is 33.2 Å². The summed E-state index contributed by atoms with van der Waals surface area (Å²) >= 11 is 0. The lowest BCUT2D eigenvalue weighted by molar-refractivity contribution is 0.0587. The van der Waals surface area contributed by atoms with Crippen LogP contribution in [0.1, 0.15) is 38.9 Å². The number of carbonyl (C=O) groups excluding carboxylic acids is 2. The molecule has 10 nitrogen and oxygen atoms in total. The van der Waals surface area contributed by atoms with Gasteiger partial charge in [0.15, 0.2) is 0 Å². The molecule has 45 heavy (non-hydrogen) atoms. The summed E-state index contributed by atoms with van der Waals surface area (Å²) in [6.45, 7) is 0.645. The third kappa shape index (κ3) is 5.64. The van der Waals surface area contributed by atoms with Crippen molar-refractivity contribution in [3.8, 4) is 11.3 Å². The number of H-pyrrole nitrogens is 1. The van der Waals surface area contributed by atoms with E-state index in [0.29, 0.717) is 28.3 Å². The normalized spacial score (nSPS) is 15.8. The maximum absolute atomic E-state index is 14.3. The van der Waals surface area contributed by atoms with E-state index in [1.165, 1.54) is 44.4 Å². The number of amides is 2. The van der Waals surface area contributed by atoms with Gasteiger partial charge in [0.1, 0.15) is 28.7 Å². The summed E-state index contributed by atoms with van der Waals surface area (Å²) in [6.07, 6.45) is 0.711. The molecule has 0 radical (unpaired) electrons. The second-order valence-corrected chi connectivity index (χ2v) is 12.9. The molecule has 2 amide bonds. The third-order valence-corrected chi connectivity index (χ3v) is 9.24. The van der Waals surface area contributed by atoms with Crippen LogP contribution in [0.15, 0.2) is 65.1 Å². The Morgan fingerprint density at radius 2 is 1.82 bits per heavy atom. The minimum absolute atomic E-state index is 0.138. The van der Waals surface area contributed by atoms with Gasteiger partial charge in [-0.25, -0.2) is 17.2 Å². The molecule has 1 aliphatic rings. The van der Waals surface area contributed by atoms with Gasteiger partial charge in [0.05, 0.1) is 35.7 Å². The van der Waals surface area contributed by atoms with Crippen molar-refractivity contribution in [2.24, 2.45) is 0 Å². The van der Waals surface area contributed by atoms with Gasteiger partial charge in [0.2, 0.25) is 10.0 Å². The van der Waals surface area contributed by atoms with E-state index in [0.717, 1.165) is 10.6 Å². The molecule has 3 heterocycles. The second kappa shape index (κ2) is 11.6. The number of para-hydroxylation sites is 1. The number of carbonyl (C=O) groups is 2. The summed E-state index contributed by atoms with van der Waals surface area (Å²) in [7, 11) is -0.853. The molecule has 5 aromatic rings. The zero-order chi connectivity index (χ0) is 32.0. The highest BCUT2D eigenvalue weighted by Crippen LogP contribution is 2.41. The SMILES string of the molecule is CNC(=O)c1c(-c2ccc(F)cc2)oc2cc(N(C)S(C)(=O)=O)c([C@H]3CCN(C(=O)c4cc5cccc(F)c5[nH]4)CCO3)cc12. The first-order valence-electron chi connectivity index (χ1n) is 14.2. The molecule has 0 unspecified atom stereocenters. The molecular weight excluding hydrogens is 606 g/mol. The van der Waals surface area contributed by atoms with Crippen LogP contribution in [0.4, 0.5) is 14.5 Å². The van der Waals surface area contributed by atoms with Crippen molar-refractivity contribution >= 4 is 49.4 Å². The highest BCUT2D eigenvalue weighted by Gasteiger charge is 2.31. The first kappa shape index (κ1) is 30.3. The number of aromatic amines is 1. The Morgan fingerprint density at radius 1 is 1.07 bits per heavy atom. The number of halogens is 2. The quantitative estimate of drug-likeness (QED) is 0.264. The van der Waals surface area contributed by atoms with Gasteiger partial charge in [-0.15, -0.1) is 0 Å². The molecule has 0 bridgehead atoms. The number of nitrogens with zero attached hydrogens (tertiary/aromatic N) is 2. The van der Waals surface area contributed by atoms with E-state index >= 15 is 0 Å². The molecule has 0 spiro atoms. The standard InChI is InChI=1S/C32H30F2N4O6S/c1-35-31(39)28-22-16-21(25(37(2)45(3,41)42)17-27(22)44-30(28)18-7-9-20(33)10-8-18)26-11-12-38(13-14-43-26)32(40)24-15-19-5-4-6-23(34)29(19)36-24/h4-10,15-17,26,36H,11-14H2,1-3H3,(H,35,39)/t26-/m1/s1. The number of anilines is 1. The predicted molar refractivity (Wildman–Crippen MR) is 166 cm³/mol. The van der Waals surface area contributed by atoms with Crippen molar-refractivity contribution in [2.75, 3.05) is 44.4 Å². The summed E-state index contributed by atoms with van der Waals surface area (Å²) in [6, 6.07) is 14.9. The van der Waals surface area contributed by atoms with E-state index in [9.17, 15) is 26.8 Å². The largest absolute Gasteiger partial charge is 0.455 e. The number of rotatable bonds is 6. The summed E-state index contributed by atoms with van der Waals surface area (Å²) in [4.78, 5) is 31.0. The Balaban J connectivity index is 1.40. The van der Waals surface area contributed by atoms with Crippen molar-refractivity contribution in [1.82, 2.24) is 15.2 Å². The van der Waals surface area contributed by atoms with Crippen LogP contribution in [-0.4, -0.2) is 70.2 Å². The maximum atomic E-state index is 14.3. The Bertz CT molecular complexity index is 2060. The summed E-state index contributed by atoms with van der Waals surface area (Å²) < 4.78 is 66.8. The molecule has 0 saturated carbocycles. The topological polar surface area (TPSA) is 125 Å². The Kier molecular flexibility index (Phi) is 7.83. The van der Waals surface area contributed by atoms with E-state index in [-0.39, 0.29) is 59.4 Å². The van der Waals surface area contributed by atoms with Crippen LogP contribution in [0, 0.1) is 11.6 Å². The van der Waals surface area contributed by atoms with E-state index in [1.54, 1.807) is 35.2 Å². The summed E-state index contributed by atoms with van der Waals surface area (Å²) in [5.41, 5.74) is 2.16.